The molecule has 6 heteroatoms. The second-order valence-corrected chi connectivity index (χ2v) is 6.74. The molecule has 1 aromatic rings. The summed E-state index contributed by atoms with van der Waals surface area (Å²) in [5, 5.41) is 9.51. The van der Waals surface area contributed by atoms with Crippen LogP contribution in [0.5, 0.6) is 0 Å². The minimum absolute atomic E-state index is 0.0243. The lowest BCUT2D eigenvalue weighted by atomic mass is 10.1. The Hall–Kier alpha value is -1.66. The van der Waals surface area contributed by atoms with Crippen molar-refractivity contribution in [3.63, 3.8) is 0 Å². The molecule has 0 aliphatic carbocycles. The summed E-state index contributed by atoms with van der Waals surface area (Å²) >= 11 is 0. The zero-order valence-electron chi connectivity index (χ0n) is 15.2. The first-order valence-corrected chi connectivity index (χ1v) is 8.67. The fraction of sp³-hybridized carbons (Fsp3) is 0.667. The molecule has 1 aliphatic heterocycles. The van der Waals surface area contributed by atoms with Crippen molar-refractivity contribution in [1.29, 1.82) is 0 Å². The van der Waals surface area contributed by atoms with Crippen molar-refractivity contribution in [3.8, 4) is 0 Å². The highest BCUT2D eigenvalue weighted by atomic mass is 16.3. The second kappa shape index (κ2) is 7.94. The summed E-state index contributed by atoms with van der Waals surface area (Å²) in [5.41, 5.74) is 2.82. The number of Topliss-reactive ketones (excluding diaryl/α,β-unsaturated/α-hetero) is 1. The normalized spacial score (nSPS) is 16.0. The molecule has 2 heterocycles. The predicted molar refractivity (Wildman–Crippen MR) is 93.2 cm³/mol. The Balaban J connectivity index is 1.91. The SMILES string of the molecule is CCn1c(C)cc(C(=O)CN(C)CC(=O)N2CCC(O)CC2)c1C. The smallest absolute Gasteiger partial charge is 0.236 e. The van der Waals surface area contributed by atoms with E-state index in [0.717, 1.165) is 23.5 Å². The minimum Gasteiger partial charge on any atom is -0.393 e. The summed E-state index contributed by atoms with van der Waals surface area (Å²) in [6, 6.07) is 1.93. The maximum Gasteiger partial charge on any atom is 0.236 e. The molecule has 0 radical (unpaired) electrons. The fourth-order valence-electron chi connectivity index (χ4n) is 3.40. The Labute approximate surface area is 144 Å². The van der Waals surface area contributed by atoms with Crippen molar-refractivity contribution in [2.45, 2.75) is 46.3 Å². The summed E-state index contributed by atoms with van der Waals surface area (Å²) in [6.45, 7) is 8.54. The molecule has 134 valence electrons. The van der Waals surface area contributed by atoms with Gasteiger partial charge in [0.2, 0.25) is 5.91 Å². The summed E-state index contributed by atoms with van der Waals surface area (Å²) < 4.78 is 2.12. The lowest BCUT2D eigenvalue weighted by molar-refractivity contribution is -0.133. The Morgan fingerprint density at radius 3 is 2.42 bits per heavy atom. The van der Waals surface area contributed by atoms with E-state index < -0.39 is 0 Å². The number of piperidine rings is 1. The van der Waals surface area contributed by atoms with Crippen LogP contribution < -0.4 is 0 Å². The van der Waals surface area contributed by atoms with Crippen LogP contribution in [0.3, 0.4) is 0 Å². The number of aromatic nitrogens is 1. The van der Waals surface area contributed by atoms with Crippen LogP contribution in [0.1, 0.15) is 41.5 Å². The number of likely N-dealkylation sites (N-methyl/N-ethyl adjacent to an activating group) is 1. The van der Waals surface area contributed by atoms with Crippen LogP contribution in [-0.2, 0) is 11.3 Å². The molecule has 0 atom stereocenters. The van der Waals surface area contributed by atoms with Crippen LogP contribution >= 0.6 is 0 Å². The first-order valence-electron chi connectivity index (χ1n) is 8.67. The van der Waals surface area contributed by atoms with Crippen molar-refractivity contribution in [2.75, 3.05) is 33.2 Å². The van der Waals surface area contributed by atoms with Crippen LogP contribution in [0.25, 0.3) is 0 Å². The number of aliphatic hydroxyl groups is 1. The summed E-state index contributed by atoms with van der Waals surface area (Å²) in [7, 11) is 1.80. The number of aryl methyl sites for hydroxylation is 1. The van der Waals surface area contributed by atoms with Crippen LogP contribution in [0, 0.1) is 13.8 Å². The largest absolute Gasteiger partial charge is 0.393 e. The molecule has 1 N–H and O–H groups in total. The molecule has 6 nitrogen and oxygen atoms in total. The second-order valence-electron chi connectivity index (χ2n) is 6.74. The van der Waals surface area contributed by atoms with Gasteiger partial charge in [-0.15, -0.1) is 0 Å². The maximum absolute atomic E-state index is 12.5. The molecule has 1 amide bonds. The molecule has 0 aromatic carbocycles. The molecule has 24 heavy (non-hydrogen) atoms. The van der Waals surface area contributed by atoms with Crippen LogP contribution in [-0.4, -0.2) is 70.5 Å². The number of rotatable bonds is 6. The third-order valence-corrected chi connectivity index (χ3v) is 4.83. The van der Waals surface area contributed by atoms with Gasteiger partial charge in [0.05, 0.1) is 19.2 Å². The summed E-state index contributed by atoms with van der Waals surface area (Å²) in [6.07, 6.45) is 0.983. The zero-order chi connectivity index (χ0) is 17.9. The van der Waals surface area contributed by atoms with Gasteiger partial charge in [0, 0.05) is 36.6 Å². The van der Waals surface area contributed by atoms with Crippen molar-refractivity contribution < 1.29 is 14.7 Å². The fourth-order valence-corrected chi connectivity index (χ4v) is 3.40. The number of likely N-dealkylation sites (tertiary alicyclic amines) is 1. The molecular weight excluding hydrogens is 306 g/mol. The Kier molecular flexibility index (Phi) is 6.18. The van der Waals surface area contributed by atoms with Gasteiger partial charge < -0.3 is 14.6 Å². The number of carbonyl (C=O) groups is 2. The highest BCUT2D eigenvalue weighted by Crippen LogP contribution is 2.16. The number of carbonyl (C=O) groups excluding carboxylic acids is 2. The van der Waals surface area contributed by atoms with E-state index >= 15 is 0 Å². The number of amides is 1. The average Bonchev–Trinajstić information content (AvgIpc) is 2.82. The van der Waals surface area contributed by atoms with E-state index in [1.54, 1.807) is 16.8 Å². The molecule has 0 saturated carbocycles. The van der Waals surface area contributed by atoms with Gasteiger partial charge in [-0.1, -0.05) is 0 Å². The quantitative estimate of drug-likeness (QED) is 0.794. The van der Waals surface area contributed by atoms with Gasteiger partial charge in [-0.3, -0.25) is 14.5 Å². The lowest BCUT2D eigenvalue weighted by Gasteiger charge is -2.30. The van der Waals surface area contributed by atoms with E-state index in [9.17, 15) is 14.7 Å². The monoisotopic (exact) mass is 335 g/mol. The van der Waals surface area contributed by atoms with Crippen LogP contribution in [0.15, 0.2) is 6.07 Å². The van der Waals surface area contributed by atoms with E-state index in [-0.39, 0.29) is 30.9 Å². The molecule has 1 fully saturated rings. The van der Waals surface area contributed by atoms with Gasteiger partial charge in [-0.05, 0) is 46.7 Å². The van der Waals surface area contributed by atoms with Gasteiger partial charge in [0.1, 0.15) is 0 Å². The van der Waals surface area contributed by atoms with Gasteiger partial charge in [-0.2, -0.15) is 0 Å². The number of nitrogens with zero attached hydrogens (tertiary/aromatic N) is 3. The molecular formula is C18H29N3O3. The molecule has 0 spiro atoms. The first kappa shape index (κ1) is 18.7. The Morgan fingerprint density at radius 1 is 1.25 bits per heavy atom. The van der Waals surface area contributed by atoms with Crippen LogP contribution in [0.4, 0.5) is 0 Å². The Morgan fingerprint density at radius 2 is 1.88 bits per heavy atom. The molecule has 1 saturated heterocycles. The van der Waals surface area contributed by atoms with E-state index in [1.807, 2.05) is 19.9 Å². The van der Waals surface area contributed by atoms with Gasteiger partial charge in [-0.25, -0.2) is 0 Å². The first-order chi connectivity index (χ1) is 11.3. The number of ketones is 1. The highest BCUT2D eigenvalue weighted by Gasteiger charge is 2.23. The van der Waals surface area contributed by atoms with Crippen molar-refractivity contribution >= 4 is 11.7 Å². The van der Waals surface area contributed by atoms with E-state index in [4.69, 9.17) is 0 Å². The van der Waals surface area contributed by atoms with Gasteiger partial charge in [0.25, 0.3) is 0 Å². The molecule has 2 rings (SSSR count). The maximum atomic E-state index is 12.5. The third-order valence-electron chi connectivity index (χ3n) is 4.83. The predicted octanol–water partition coefficient (Wildman–Crippen LogP) is 1.22. The average molecular weight is 335 g/mol. The summed E-state index contributed by atoms with van der Waals surface area (Å²) in [5.74, 6) is 0.0726. The van der Waals surface area contributed by atoms with E-state index in [1.165, 1.54) is 0 Å². The molecule has 0 bridgehead atoms. The van der Waals surface area contributed by atoms with Crippen molar-refractivity contribution in [1.82, 2.24) is 14.4 Å². The van der Waals surface area contributed by atoms with Gasteiger partial charge >= 0.3 is 0 Å². The van der Waals surface area contributed by atoms with Crippen LogP contribution in [0.2, 0.25) is 0 Å². The molecule has 1 aliphatic rings. The molecule has 0 unspecified atom stereocenters. The minimum atomic E-state index is -0.290. The number of hydrogen-bond acceptors (Lipinski definition) is 4. The summed E-state index contributed by atoms with van der Waals surface area (Å²) in [4.78, 5) is 28.4. The standard InChI is InChI=1S/C18H29N3O3/c1-5-21-13(2)10-16(14(21)3)17(23)11-19(4)12-18(24)20-8-6-15(22)7-9-20/h10,15,22H,5-9,11-12H2,1-4H3. The number of aliphatic hydroxyl groups excluding tert-OH is 1. The van der Waals surface area contributed by atoms with E-state index in [0.29, 0.717) is 25.9 Å². The lowest BCUT2D eigenvalue weighted by Crippen LogP contribution is -2.45. The topological polar surface area (TPSA) is 65.8 Å². The number of hydrogen-bond donors (Lipinski definition) is 1. The zero-order valence-corrected chi connectivity index (χ0v) is 15.2. The van der Waals surface area contributed by atoms with Gasteiger partial charge in [0.15, 0.2) is 5.78 Å². The molecule has 1 aromatic heterocycles. The highest BCUT2D eigenvalue weighted by molar-refractivity contribution is 5.99. The third kappa shape index (κ3) is 4.24. The Bertz CT molecular complexity index is 601. The van der Waals surface area contributed by atoms with E-state index in [2.05, 4.69) is 11.5 Å². The van der Waals surface area contributed by atoms with Crippen molar-refractivity contribution in [2.24, 2.45) is 0 Å². The van der Waals surface area contributed by atoms with Crippen molar-refractivity contribution in [3.05, 3.63) is 23.0 Å².